The van der Waals surface area contributed by atoms with Crippen LogP contribution in [-0.2, 0) is 16.0 Å². The summed E-state index contributed by atoms with van der Waals surface area (Å²) in [6.45, 7) is 5.11. The second kappa shape index (κ2) is 7.19. The number of Topliss-reactive ketones (excluding diaryl/α,β-unsaturated/α-hetero) is 1. The van der Waals surface area contributed by atoms with E-state index in [2.05, 4.69) is 5.32 Å². The molecular formula is C15H22N2O4. The van der Waals surface area contributed by atoms with Gasteiger partial charge in [-0.25, -0.2) is 4.79 Å². The fraction of sp³-hybridized carbons (Fsp3) is 0.467. The number of carbonyl (C=O) groups is 2. The van der Waals surface area contributed by atoms with E-state index < -0.39 is 29.7 Å². The number of hydrogen-bond acceptors (Lipinski definition) is 5. The molecule has 21 heavy (non-hydrogen) atoms. The summed E-state index contributed by atoms with van der Waals surface area (Å²) in [6.07, 6.45) is -3.43. The summed E-state index contributed by atoms with van der Waals surface area (Å²) in [7, 11) is 0. The molecule has 2 atom stereocenters. The number of amides is 1. The minimum Gasteiger partial charge on any atom is -0.444 e. The highest BCUT2D eigenvalue weighted by atomic mass is 16.6. The van der Waals surface area contributed by atoms with Crippen molar-refractivity contribution in [3.63, 3.8) is 0 Å². The van der Waals surface area contributed by atoms with E-state index in [1.165, 1.54) is 0 Å². The first-order valence-corrected chi connectivity index (χ1v) is 6.69. The Morgan fingerprint density at radius 3 is 2.38 bits per heavy atom. The first-order chi connectivity index (χ1) is 9.69. The van der Waals surface area contributed by atoms with Crippen LogP contribution < -0.4 is 11.1 Å². The number of benzene rings is 1. The van der Waals surface area contributed by atoms with E-state index in [1.54, 1.807) is 45.0 Å². The molecule has 1 aromatic rings. The van der Waals surface area contributed by atoms with Crippen molar-refractivity contribution < 1.29 is 19.4 Å². The Balaban J connectivity index is 2.52. The Kier molecular flexibility index (Phi) is 5.87. The third kappa shape index (κ3) is 6.37. The first-order valence-electron chi connectivity index (χ1n) is 6.69. The Labute approximate surface area is 124 Å². The van der Waals surface area contributed by atoms with Crippen molar-refractivity contribution in [1.82, 2.24) is 5.32 Å². The lowest BCUT2D eigenvalue weighted by molar-refractivity contribution is -0.127. The van der Waals surface area contributed by atoms with Crippen LogP contribution in [0.2, 0.25) is 0 Å². The molecule has 0 saturated carbocycles. The number of hydrogen-bond donors (Lipinski definition) is 3. The summed E-state index contributed by atoms with van der Waals surface area (Å²) >= 11 is 0. The molecule has 0 spiro atoms. The Hall–Kier alpha value is -1.92. The van der Waals surface area contributed by atoms with Gasteiger partial charge in [-0.3, -0.25) is 4.79 Å². The maximum atomic E-state index is 11.9. The van der Waals surface area contributed by atoms with Crippen LogP contribution in [0.25, 0.3) is 0 Å². The minimum absolute atomic E-state index is 0.0473. The molecule has 116 valence electrons. The van der Waals surface area contributed by atoms with Crippen LogP contribution >= 0.6 is 0 Å². The average Bonchev–Trinajstić information content (AvgIpc) is 2.36. The van der Waals surface area contributed by atoms with Gasteiger partial charge in [0, 0.05) is 6.42 Å². The second-order valence-corrected chi connectivity index (χ2v) is 5.75. The van der Waals surface area contributed by atoms with E-state index in [0.29, 0.717) is 0 Å². The number of nitrogens with one attached hydrogen (secondary N) is 1. The van der Waals surface area contributed by atoms with E-state index >= 15 is 0 Å². The summed E-state index contributed by atoms with van der Waals surface area (Å²) in [5, 5.41) is 12.1. The van der Waals surface area contributed by atoms with E-state index in [1.807, 2.05) is 6.07 Å². The van der Waals surface area contributed by atoms with Crippen molar-refractivity contribution in [1.29, 1.82) is 0 Å². The van der Waals surface area contributed by atoms with E-state index in [4.69, 9.17) is 10.5 Å². The van der Waals surface area contributed by atoms with Crippen LogP contribution in [0.5, 0.6) is 0 Å². The lowest BCUT2D eigenvalue weighted by atomic mass is 10.0. The Bertz CT molecular complexity index is 482. The van der Waals surface area contributed by atoms with E-state index in [-0.39, 0.29) is 6.42 Å². The SMILES string of the molecule is CC(C)(C)OC(=O)NC(N)C(O)C(=O)Cc1ccccc1. The van der Waals surface area contributed by atoms with Crippen molar-refractivity contribution in [3.8, 4) is 0 Å². The molecular weight excluding hydrogens is 272 g/mol. The number of alkyl carbamates (subject to hydrolysis) is 1. The van der Waals surface area contributed by atoms with Crippen LogP contribution in [0.4, 0.5) is 4.79 Å². The topological polar surface area (TPSA) is 102 Å². The van der Waals surface area contributed by atoms with E-state index in [9.17, 15) is 14.7 Å². The molecule has 0 radical (unpaired) electrons. The molecule has 0 bridgehead atoms. The fourth-order valence-corrected chi connectivity index (χ4v) is 1.62. The maximum Gasteiger partial charge on any atom is 0.408 e. The van der Waals surface area contributed by atoms with Gasteiger partial charge < -0.3 is 20.9 Å². The first kappa shape index (κ1) is 17.1. The number of ketones is 1. The van der Waals surface area contributed by atoms with Gasteiger partial charge in [0.1, 0.15) is 17.9 Å². The number of rotatable bonds is 5. The quantitative estimate of drug-likeness (QED) is 0.702. The van der Waals surface area contributed by atoms with Gasteiger partial charge in [0.2, 0.25) is 0 Å². The highest BCUT2D eigenvalue weighted by Crippen LogP contribution is 2.07. The molecule has 6 nitrogen and oxygen atoms in total. The van der Waals surface area contributed by atoms with Crippen LogP contribution in [-0.4, -0.2) is 34.9 Å². The second-order valence-electron chi connectivity index (χ2n) is 5.75. The molecule has 1 rings (SSSR count). The molecule has 0 aliphatic heterocycles. The van der Waals surface area contributed by atoms with Crippen molar-refractivity contribution in [3.05, 3.63) is 35.9 Å². The zero-order chi connectivity index (χ0) is 16.0. The smallest absolute Gasteiger partial charge is 0.408 e. The highest BCUT2D eigenvalue weighted by Gasteiger charge is 2.26. The van der Waals surface area contributed by atoms with Crippen molar-refractivity contribution >= 4 is 11.9 Å². The van der Waals surface area contributed by atoms with Crippen LogP contribution in [0.3, 0.4) is 0 Å². The van der Waals surface area contributed by atoms with Crippen LogP contribution in [0.1, 0.15) is 26.3 Å². The highest BCUT2D eigenvalue weighted by molar-refractivity contribution is 5.86. The van der Waals surface area contributed by atoms with Gasteiger partial charge in [0.15, 0.2) is 5.78 Å². The van der Waals surface area contributed by atoms with Gasteiger partial charge in [-0.15, -0.1) is 0 Å². The third-order valence-electron chi connectivity index (χ3n) is 2.57. The molecule has 4 N–H and O–H groups in total. The van der Waals surface area contributed by atoms with Crippen molar-refractivity contribution in [2.45, 2.75) is 45.1 Å². The van der Waals surface area contributed by atoms with Gasteiger partial charge >= 0.3 is 6.09 Å². The van der Waals surface area contributed by atoms with Crippen LogP contribution in [0, 0.1) is 0 Å². The van der Waals surface area contributed by atoms with Gasteiger partial charge in [-0.2, -0.15) is 0 Å². The average molecular weight is 294 g/mol. The predicted octanol–water partition coefficient (Wildman–Crippen LogP) is 0.969. The zero-order valence-electron chi connectivity index (χ0n) is 12.5. The summed E-state index contributed by atoms with van der Waals surface area (Å²) in [6, 6.07) is 8.98. The van der Waals surface area contributed by atoms with Gasteiger partial charge in [-0.1, -0.05) is 30.3 Å². The fourth-order valence-electron chi connectivity index (χ4n) is 1.62. The lowest BCUT2D eigenvalue weighted by Gasteiger charge is -2.23. The molecule has 1 aromatic carbocycles. The number of aliphatic hydroxyl groups is 1. The number of carbonyl (C=O) groups excluding carboxylic acids is 2. The zero-order valence-corrected chi connectivity index (χ0v) is 12.5. The minimum atomic E-state index is -1.49. The number of nitrogens with two attached hydrogens (primary N) is 1. The van der Waals surface area contributed by atoms with E-state index in [0.717, 1.165) is 5.56 Å². The third-order valence-corrected chi connectivity index (χ3v) is 2.57. The maximum absolute atomic E-state index is 11.9. The molecule has 0 heterocycles. The standard InChI is InChI=1S/C15H22N2O4/c1-15(2,3)21-14(20)17-13(16)12(19)11(18)9-10-7-5-4-6-8-10/h4-8,12-13,19H,9,16H2,1-3H3,(H,17,20). The number of ether oxygens (including phenoxy) is 1. The molecule has 0 aliphatic rings. The molecule has 6 heteroatoms. The van der Waals surface area contributed by atoms with Gasteiger partial charge in [0.05, 0.1) is 0 Å². The summed E-state index contributed by atoms with van der Waals surface area (Å²) in [4.78, 5) is 23.4. The molecule has 0 aromatic heterocycles. The van der Waals surface area contributed by atoms with Crippen molar-refractivity contribution in [2.75, 3.05) is 0 Å². The predicted molar refractivity (Wildman–Crippen MR) is 78.5 cm³/mol. The lowest BCUT2D eigenvalue weighted by Crippen LogP contribution is -2.54. The largest absolute Gasteiger partial charge is 0.444 e. The molecule has 0 aliphatic carbocycles. The Morgan fingerprint density at radius 1 is 1.29 bits per heavy atom. The van der Waals surface area contributed by atoms with Crippen LogP contribution in [0.15, 0.2) is 30.3 Å². The summed E-state index contributed by atoms with van der Waals surface area (Å²) in [5.41, 5.74) is 5.70. The van der Waals surface area contributed by atoms with Gasteiger partial charge in [0.25, 0.3) is 0 Å². The monoisotopic (exact) mass is 294 g/mol. The van der Waals surface area contributed by atoms with Crippen molar-refractivity contribution in [2.24, 2.45) is 5.73 Å². The summed E-state index contributed by atoms with van der Waals surface area (Å²) in [5.74, 6) is -0.468. The number of aliphatic hydroxyl groups excluding tert-OH is 1. The summed E-state index contributed by atoms with van der Waals surface area (Å²) < 4.78 is 5.00. The molecule has 2 unspecified atom stereocenters. The Morgan fingerprint density at radius 2 is 1.86 bits per heavy atom. The molecule has 0 fully saturated rings. The normalized spacial score (nSPS) is 14.1. The molecule has 0 saturated heterocycles. The molecule has 1 amide bonds. The van der Waals surface area contributed by atoms with Gasteiger partial charge in [-0.05, 0) is 26.3 Å².